The molecule has 5 rings (SSSR count). The summed E-state index contributed by atoms with van der Waals surface area (Å²) in [5.41, 5.74) is 1.65. The Labute approximate surface area is 198 Å². The third-order valence-corrected chi connectivity index (χ3v) is 6.47. The van der Waals surface area contributed by atoms with Crippen molar-refractivity contribution >= 4 is 40.0 Å². The lowest BCUT2D eigenvalue weighted by Gasteiger charge is -2.10. The quantitative estimate of drug-likeness (QED) is 0.200. The highest BCUT2D eigenvalue weighted by molar-refractivity contribution is 7.99. The fourth-order valence-electron chi connectivity index (χ4n) is 3.44. The Morgan fingerprint density at radius 2 is 2.00 bits per heavy atom. The molecule has 1 aliphatic rings. The number of nitriles is 1. The number of halogens is 1. The summed E-state index contributed by atoms with van der Waals surface area (Å²) < 4.78 is 7.89. The molecule has 33 heavy (non-hydrogen) atoms. The van der Waals surface area contributed by atoms with Gasteiger partial charge in [0.05, 0.1) is 21.8 Å². The zero-order valence-corrected chi connectivity index (χ0v) is 19.0. The van der Waals surface area contributed by atoms with Gasteiger partial charge in [-0.2, -0.15) is 5.26 Å². The van der Waals surface area contributed by atoms with Gasteiger partial charge in [0.2, 0.25) is 0 Å². The highest BCUT2D eigenvalue weighted by Gasteiger charge is 2.30. The van der Waals surface area contributed by atoms with Gasteiger partial charge in [-0.15, -0.1) is 10.2 Å². The second kappa shape index (κ2) is 9.17. The van der Waals surface area contributed by atoms with Crippen molar-refractivity contribution in [2.24, 2.45) is 0 Å². The van der Waals surface area contributed by atoms with Crippen LogP contribution in [0, 0.1) is 11.3 Å². The number of aromatic amines is 1. The lowest BCUT2D eigenvalue weighted by atomic mass is 10.2. The van der Waals surface area contributed by atoms with Crippen LogP contribution in [0.25, 0.3) is 16.6 Å². The van der Waals surface area contributed by atoms with Gasteiger partial charge in [0.1, 0.15) is 29.8 Å². The third kappa shape index (κ3) is 4.53. The first-order valence-electron chi connectivity index (χ1n) is 10.3. The normalized spacial score (nSPS) is 14.2. The van der Waals surface area contributed by atoms with Crippen LogP contribution in [0.5, 0.6) is 5.75 Å². The molecule has 0 radical (unpaired) electrons. The standard InChI is InChI=1S/C23H19ClN6O2S/c24-16-5-1-4-8-20(16)32-12-21-28-29-23(30(21)14-9-10-14)33-13-19(31)15(11-25)22-26-17-6-2-3-7-18(17)27-22/h1-8,14,31H,9-10,12-13H2,(H,26,27). The molecule has 0 amide bonds. The SMILES string of the molecule is N#CC(=C(O)CSc1nnc(COc2ccccc2Cl)n1C1CC1)c1nc2ccccc2[nH]1. The molecule has 0 spiro atoms. The fourth-order valence-corrected chi connectivity index (χ4v) is 4.53. The summed E-state index contributed by atoms with van der Waals surface area (Å²) in [5.74, 6) is 1.72. The van der Waals surface area contributed by atoms with E-state index in [4.69, 9.17) is 16.3 Å². The van der Waals surface area contributed by atoms with Crippen LogP contribution in [0.3, 0.4) is 0 Å². The largest absolute Gasteiger partial charge is 0.510 e. The van der Waals surface area contributed by atoms with E-state index >= 15 is 0 Å². The molecule has 0 aliphatic heterocycles. The number of hydrogen-bond donors (Lipinski definition) is 2. The number of imidazole rings is 1. The molecule has 4 aromatic rings. The van der Waals surface area contributed by atoms with Crippen LogP contribution in [-0.4, -0.2) is 35.6 Å². The molecule has 1 fully saturated rings. The number of aliphatic hydroxyl groups excluding tert-OH is 1. The van der Waals surface area contributed by atoms with Crippen molar-refractivity contribution < 1.29 is 9.84 Å². The number of aliphatic hydroxyl groups is 1. The Bertz CT molecular complexity index is 1350. The maximum atomic E-state index is 10.7. The van der Waals surface area contributed by atoms with E-state index in [0.717, 1.165) is 23.9 Å². The number of hydrogen-bond acceptors (Lipinski definition) is 7. The van der Waals surface area contributed by atoms with Gasteiger partial charge in [-0.05, 0) is 37.1 Å². The molecule has 0 atom stereocenters. The minimum Gasteiger partial charge on any atom is -0.510 e. The number of benzene rings is 2. The first-order chi connectivity index (χ1) is 16.1. The fraction of sp³-hybridized carbons (Fsp3) is 0.217. The van der Waals surface area contributed by atoms with E-state index in [2.05, 4.69) is 26.2 Å². The predicted octanol–water partition coefficient (Wildman–Crippen LogP) is 5.31. The van der Waals surface area contributed by atoms with Gasteiger partial charge in [-0.3, -0.25) is 4.57 Å². The number of nitrogens with one attached hydrogen (secondary N) is 1. The zero-order valence-electron chi connectivity index (χ0n) is 17.4. The molecule has 2 aromatic carbocycles. The Morgan fingerprint density at radius 3 is 2.76 bits per heavy atom. The average Bonchev–Trinajstić information content (AvgIpc) is 3.44. The van der Waals surface area contributed by atoms with Crippen molar-refractivity contribution in [1.29, 1.82) is 5.26 Å². The molecule has 0 bridgehead atoms. The number of fused-ring (bicyclic) bond motifs is 1. The molecule has 166 valence electrons. The number of aromatic nitrogens is 5. The van der Waals surface area contributed by atoms with Crippen LogP contribution in [0.1, 0.15) is 30.5 Å². The van der Waals surface area contributed by atoms with Crippen molar-refractivity contribution in [2.45, 2.75) is 30.6 Å². The molecule has 2 N–H and O–H groups in total. The highest BCUT2D eigenvalue weighted by atomic mass is 35.5. The second-order valence-corrected chi connectivity index (χ2v) is 8.89. The molecule has 10 heteroatoms. The number of para-hydroxylation sites is 3. The topological polar surface area (TPSA) is 113 Å². The number of rotatable bonds is 8. The maximum Gasteiger partial charge on any atom is 0.192 e. The van der Waals surface area contributed by atoms with Gasteiger partial charge >= 0.3 is 0 Å². The molecular formula is C23H19ClN6O2S. The number of ether oxygens (including phenoxy) is 1. The van der Waals surface area contributed by atoms with Gasteiger partial charge in [0, 0.05) is 6.04 Å². The van der Waals surface area contributed by atoms with Gasteiger partial charge in [0.25, 0.3) is 0 Å². The molecule has 0 saturated heterocycles. The second-order valence-electron chi connectivity index (χ2n) is 7.54. The number of allylic oxidation sites excluding steroid dienone is 1. The van der Waals surface area contributed by atoms with E-state index in [-0.39, 0.29) is 23.7 Å². The van der Waals surface area contributed by atoms with E-state index in [1.807, 2.05) is 41.0 Å². The van der Waals surface area contributed by atoms with Crippen molar-refractivity contribution in [3.63, 3.8) is 0 Å². The van der Waals surface area contributed by atoms with Gasteiger partial charge in [-0.1, -0.05) is 47.6 Å². The Morgan fingerprint density at radius 1 is 1.21 bits per heavy atom. The van der Waals surface area contributed by atoms with E-state index in [0.29, 0.717) is 33.6 Å². The monoisotopic (exact) mass is 478 g/mol. The average molecular weight is 479 g/mol. The molecule has 2 aromatic heterocycles. The third-order valence-electron chi connectivity index (χ3n) is 5.21. The highest BCUT2D eigenvalue weighted by Crippen LogP contribution is 2.39. The lowest BCUT2D eigenvalue weighted by molar-refractivity contribution is 0.288. The van der Waals surface area contributed by atoms with Crippen LogP contribution >= 0.6 is 23.4 Å². The molecule has 8 nitrogen and oxygen atoms in total. The first-order valence-corrected chi connectivity index (χ1v) is 11.7. The Hall–Kier alpha value is -3.48. The summed E-state index contributed by atoms with van der Waals surface area (Å²) in [4.78, 5) is 7.50. The van der Waals surface area contributed by atoms with Gasteiger partial charge < -0.3 is 14.8 Å². The molecule has 1 aliphatic carbocycles. The summed E-state index contributed by atoms with van der Waals surface area (Å²) in [5, 5.41) is 30.1. The van der Waals surface area contributed by atoms with Crippen LogP contribution in [0.15, 0.2) is 59.4 Å². The molecular weight excluding hydrogens is 460 g/mol. The summed E-state index contributed by atoms with van der Waals surface area (Å²) in [6, 6.07) is 17.1. The number of nitrogens with zero attached hydrogens (tertiary/aromatic N) is 5. The van der Waals surface area contributed by atoms with E-state index in [1.165, 1.54) is 11.8 Å². The molecule has 0 unspecified atom stereocenters. The predicted molar refractivity (Wildman–Crippen MR) is 126 cm³/mol. The Kier molecular flexibility index (Phi) is 5.94. The van der Waals surface area contributed by atoms with Crippen LogP contribution in [0.4, 0.5) is 0 Å². The lowest BCUT2D eigenvalue weighted by Crippen LogP contribution is -2.07. The van der Waals surface area contributed by atoms with Gasteiger partial charge in [0.15, 0.2) is 16.8 Å². The molecule has 2 heterocycles. The summed E-state index contributed by atoms with van der Waals surface area (Å²) in [6.45, 7) is 0.234. The van der Waals surface area contributed by atoms with Gasteiger partial charge in [-0.25, -0.2) is 4.98 Å². The summed E-state index contributed by atoms with van der Waals surface area (Å²) >= 11 is 7.50. The van der Waals surface area contributed by atoms with E-state index in [1.54, 1.807) is 12.1 Å². The minimum atomic E-state index is -0.0687. The zero-order chi connectivity index (χ0) is 22.8. The first kappa shape index (κ1) is 21.4. The van der Waals surface area contributed by atoms with Crippen molar-refractivity contribution in [2.75, 3.05) is 5.75 Å². The summed E-state index contributed by atoms with van der Waals surface area (Å²) in [6.07, 6.45) is 2.07. The molecule has 1 saturated carbocycles. The van der Waals surface area contributed by atoms with Crippen LogP contribution in [0.2, 0.25) is 5.02 Å². The van der Waals surface area contributed by atoms with Crippen molar-refractivity contribution in [3.05, 3.63) is 71.0 Å². The van der Waals surface area contributed by atoms with Crippen LogP contribution in [-0.2, 0) is 6.61 Å². The van der Waals surface area contributed by atoms with E-state index in [9.17, 15) is 10.4 Å². The number of thioether (sulfide) groups is 1. The van der Waals surface area contributed by atoms with Crippen molar-refractivity contribution in [1.82, 2.24) is 24.7 Å². The smallest absolute Gasteiger partial charge is 0.192 e. The van der Waals surface area contributed by atoms with E-state index < -0.39 is 0 Å². The maximum absolute atomic E-state index is 10.7. The Balaban J connectivity index is 1.33. The minimum absolute atomic E-state index is 0.0687. The number of H-pyrrole nitrogens is 1. The van der Waals surface area contributed by atoms with Crippen LogP contribution < -0.4 is 4.74 Å². The summed E-state index contributed by atoms with van der Waals surface area (Å²) in [7, 11) is 0. The van der Waals surface area contributed by atoms with Crippen molar-refractivity contribution in [3.8, 4) is 11.8 Å².